The summed E-state index contributed by atoms with van der Waals surface area (Å²) >= 11 is 0. The van der Waals surface area contributed by atoms with E-state index in [-0.39, 0.29) is 6.04 Å². The molecule has 1 atom stereocenters. The number of hydrogen-bond donors (Lipinski definition) is 1. The highest BCUT2D eigenvalue weighted by atomic mass is 16.6. The fourth-order valence-corrected chi connectivity index (χ4v) is 0.683. The van der Waals surface area contributed by atoms with Crippen LogP contribution >= 0.6 is 0 Å². The number of alkyl carbamates (subject to hydrolysis) is 1. The first kappa shape index (κ1) is 12.7. The highest BCUT2D eigenvalue weighted by Gasteiger charge is 2.16. The summed E-state index contributed by atoms with van der Waals surface area (Å²) in [7, 11) is 1.44. The fraction of sp³-hybridized carbons (Fsp3) is 0.778. The molecule has 0 heterocycles. The lowest BCUT2D eigenvalue weighted by Gasteiger charge is -2.20. The van der Waals surface area contributed by atoms with Crippen molar-refractivity contribution in [3.8, 4) is 0 Å². The normalized spacial score (nSPS) is 13.8. The lowest BCUT2D eigenvalue weighted by Crippen LogP contribution is -2.38. The number of nitrogens with zero attached hydrogens (tertiary/aromatic N) is 1. The fourth-order valence-electron chi connectivity index (χ4n) is 0.683. The lowest BCUT2D eigenvalue weighted by molar-refractivity contribution is 0.0521. The summed E-state index contributed by atoms with van der Waals surface area (Å²) in [5.74, 6) is 0. The molecule has 5 heteroatoms. The second-order valence-corrected chi connectivity index (χ2v) is 3.87. The van der Waals surface area contributed by atoms with E-state index in [1.165, 1.54) is 13.3 Å². The van der Waals surface area contributed by atoms with Crippen molar-refractivity contribution in [3.05, 3.63) is 0 Å². The topological polar surface area (TPSA) is 59.9 Å². The maximum absolute atomic E-state index is 11.2. The molecule has 0 aliphatic heterocycles. The third kappa shape index (κ3) is 7.39. The van der Waals surface area contributed by atoms with Gasteiger partial charge in [0.1, 0.15) is 12.7 Å². The minimum atomic E-state index is -0.484. The smallest absolute Gasteiger partial charge is 0.408 e. The maximum atomic E-state index is 11.2. The summed E-state index contributed by atoms with van der Waals surface area (Å²) in [6, 6.07) is -0.218. The molecule has 5 nitrogen and oxygen atoms in total. The van der Waals surface area contributed by atoms with Gasteiger partial charge in [0.05, 0.1) is 12.3 Å². The van der Waals surface area contributed by atoms with Crippen molar-refractivity contribution in [3.63, 3.8) is 0 Å². The average Bonchev–Trinajstić information content (AvgIpc) is 1.96. The number of amides is 1. The molecule has 0 aliphatic rings. The van der Waals surface area contributed by atoms with Crippen molar-refractivity contribution in [1.82, 2.24) is 5.32 Å². The maximum Gasteiger partial charge on any atom is 0.408 e. The molecule has 1 amide bonds. The van der Waals surface area contributed by atoms with Crippen LogP contribution in [0, 0.1) is 0 Å². The van der Waals surface area contributed by atoms with E-state index in [1.807, 2.05) is 0 Å². The van der Waals surface area contributed by atoms with Crippen LogP contribution in [-0.2, 0) is 9.57 Å². The monoisotopic (exact) mass is 202 g/mol. The number of ether oxygens (including phenoxy) is 1. The van der Waals surface area contributed by atoms with Gasteiger partial charge in [-0.3, -0.25) is 0 Å². The third-order valence-electron chi connectivity index (χ3n) is 1.13. The number of nitrogens with one attached hydrogen (secondary N) is 1. The predicted octanol–water partition coefficient (Wildman–Crippen LogP) is 1.53. The minimum absolute atomic E-state index is 0.218. The third-order valence-corrected chi connectivity index (χ3v) is 1.13. The Morgan fingerprint density at radius 2 is 2.07 bits per heavy atom. The van der Waals surface area contributed by atoms with Crippen LogP contribution in [-0.4, -0.2) is 31.1 Å². The van der Waals surface area contributed by atoms with E-state index in [9.17, 15) is 4.79 Å². The Hall–Kier alpha value is -1.26. The quantitative estimate of drug-likeness (QED) is 0.557. The Balaban J connectivity index is 3.89. The zero-order valence-corrected chi connectivity index (χ0v) is 9.33. The number of rotatable bonds is 3. The zero-order chi connectivity index (χ0) is 11.2. The van der Waals surface area contributed by atoms with Crippen LogP contribution < -0.4 is 5.32 Å². The number of hydrogen-bond acceptors (Lipinski definition) is 4. The van der Waals surface area contributed by atoms with E-state index in [4.69, 9.17) is 4.74 Å². The van der Waals surface area contributed by atoms with E-state index in [1.54, 1.807) is 27.7 Å². The molecule has 0 aromatic rings. The van der Waals surface area contributed by atoms with Gasteiger partial charge in [0.15, 0.2) is 0 Å². The van der Waals surface area contributed by atoms with Crippen molar-refractivity contribution in [2.45, 2.75) is 39.3 Å². The first-order valence-corrected chi connectivity index (χ1v) is 4.41. The molecule has 0 saturated heterocycles. The molecule has 1 unspecified atom stereocenters. The van der Waals surface area contributed by atoms with E-state index < -0.39 is 11.7 Å². The van der Waals surface area contributed by atoms with Crippen LogP contribution in [0.25, 0.3) is 0 Å². The van der Waals surface area contributed by atoms with Gasteiger partial charge in [0, 0.05) is 0 Å². The number of carbonyl (C=O) groups is 1. The Morgan fingerprint density at radius 3 is 2.50 bits per heavy atom. The second-order valence-electron chi connectivity index (χ2n) is 3.87. The van der Waals surface area contributed by atoms with Crippen molar-refractivity contribution < 1.29 is 14.4 Å². The van der Waals surface area contributed by atoms with Crippen molar-refractivity contribution in [2.75, 3.05) is 7.11 Å². The Kier molecular flexibility index (Phi) is 4.97. The van der Waals surface area contributed by atoms with Crippen LogP contribution in [0.5, 0.6) is 0 Å². The van der Waals surface area contributed by atoms with Crippen molar-refractivity contribution >= 4 is 12.3 Å². The average molecular weight is 202 g/mol. The molecule has 0 bridgehead atoms. The summed E-state index contributed by atoms with van der Waals surface area (Å²) in [6.45, 7) is 7.19. The van der Waals surface area contributed by atoms with Gasteiger partial charge in [-0.15, -0.1) is 0 Å². The Labute approximate surface area is 84.4 Å². The van der Waals surface area contributed by atoms with E-state index >= 15 is 0 Å². The minimum Gasteiger partial charge on any atom is -0.444 e. The van der Waals surface area contributed by atoms with Gasteiger partial charge in [0.2, 0.25) is 0 Å². The molecule has 0 radical (unpaired) electrons. The summed E-state index contributed by atoms with van der Waals surface area (Å²) in [5, 5.41) is 6.11. The second kappa shape index (κ2) is 5.47. The SMILES string of the molecule is CON=CC(C)NC(=O)OC(C)(C)C. The van der Waals surface area contributed by atoms with Gasteiger partial charge in [-0.1, -0.05) is 5.16 Å². The molecule has 0 aromatic heterocycles. The van der Waals surface area contributed by atoms with Crippen LogP contribution in [0.4, 0.5) is 4.79 Å². The first-order chi connectivity index (χ1) is 6.35. The van der Waals surface area contributed by atoms with Crippen molar-refractivity contribution in [2.24, 2.45) is 5.16 Å². The molecule has 0 aromatic carbocycles. The van der Waals surface area contributed by atoms with Crippen LogP contribution in [0.2, 0.25) is 0 Å². The van der Waals surface area contributed by atoms with Gasteiger partial charge in [-0.05, 0) is 27.7 Å². The zero-order valence-electron chi connectivity index (χ0n) is 9.33. The Bertz CT molecular complexity index is 209. The molecular weight excluding hydrogens is 184 g/mol. The van der Waals surface area contributed by atoms with E-state index in [2.05, 4.69) is 15.3 Å². The van der Waals surface area contributed by atoms with E-state index in [0.717, 1.165) is 0 Å². The molecule has 82 valence electrons. The number of carbonyl (C=O) groups excluding carboxylic acids is 1. The molecule has 0 aliphatic carbocycles. The molecule has 0 saturated carbocycles. The summed E-state index contributed by atoms with van der Waals surface area (Å²) in [4.78, 5) is 15.7. The molecule has 0 fully saturated rings. The molecule has 14 heavy (non-hydrogen) atoms. The van der Waals surface area contributed by atoms with Gasteiger partial charge in [-0.25, -0.2) is 4.79 Å². The largest absolute Gasteiger partial charge is 0.444 e. The Morgan fingerprint density at radius 1 is 1.50 bits per heavy atom. The van der Waals surface area contributed by atoms with Gasteiger partial charge < -0.3 is 14.9 Å². The van der Waals surface area contributed by atoms with E-state index in [0.29, 0.717) is 0 Å². The van der Waals surface area contributed by atoms with Gasteiger partial charge in [-0.2, -0.15) is 0 Å². The summed E-state index contributed by atoms with van der Waals surface area (Å²) in [6.07, 6.45) is 1.01. The lowest BCUT2D eigenvalue weighted by atomic mass is 10.2. The highest BCUT2D eigenvalue weighted by Crippen LogP contribution is 2.06. The first-order valence-electron chi connectivity index (χ1n) is 4.41. The standard InChI is InChI=1S/C9H18N2O3/c1-7(6-10-13-5)11-8(12)14-9(2,3)4/h6-7H,1-5H3,(H,11,12). The number of oxime groups is 1. The highest BCUT2D eigenvalue weighted by molar-refractivity contribution is 5.74. The van der Waals surface area contributed by atoms with Gasteiger partial charge >= 0.3 is 6.09 Å². The molecule has 1 N–H and O–H groups in total. The van der Waals surface area contributed by atoms with Crippen LogP contribution in [0.3, 0.4) is 0 Å². The van der Waals surface area contributed by atoms with Crippen LogP contribution in [0.15, 0.2) is 5.16 Å². The summed E-state index contributed by atoms with van der Waals surface area (Å²) < 4.78 is 5.04. The van der Waals surface area contributed by atoms with Crippen LogP contribution in [0.1, 0.15) is 27.7 Å². The molecule has 0 spiro atoms. The van der Waals surface area contributed by atoms with Gasteiger partial charge in [0.25, 0.3) is 0 Å². The molecule has 0 rings (SSSR count). The summed E-state index contributed by atoms with van der Waals surface area (Å²) in [5.41, 5.74) is -0.484. The predicted molar refractivity (Wildman–Crippen MR) is 54.3 cm³/mol. The van der Waals surface area contributed by atoms with Crippen molar-refractivity contribution in [1.29, 1.82) is 0 Å². The molecular formula is C9H18N2O3.